The number of nitrogens with zero attached hydrogens (tertiary/aromatic N) is 1. The quantitative estimate of drug-likeness (QED) is 0.482. The third-order valence-corrected chi connectivity index (χ3v) is 7.95. The van der Waals surface area contributed by atoms with Crippen LogP contribution in [0.4, 0.5) is 0 Å². The lowest BCUT2D eigenvalue weighted by Gasteiger charge is -2.26. The van der Waals surface area contributed by atoms with Crippen molar-refractivity contribution in [1.82, 2.24) is 9.71 Å². The molecule has 0 aliphatic heterocycles. The Morgan fingerprint density at radius 3 is 2.39 bits per heavy atom. The molecule has 0 amide bonds. The number of nitrogens with one attached hydrogen (secondary N) is 1. The van der Waals surface area contributed by atoms with Crippen molar-refractivity contribution in [3.63, 3.8) is 0 Å². The van der Waals surface area contributed by atoms with E-state index in [0.717, 1.165) is 5.56 Å². The van der Waals surface area contributed by atoms with E-state index in [2.05, 4.69) is 9.71 Å². The van der Waals surface area contributed by atoms with Gasteiger partial charge in [-0.05, 0) is 42.8 Å². The van der Waals surface area contributed by atoms with Crippen LogP contribution >= 0.6 is 0 Å². The van der Waals surface area contributed by atoms with Gasteiger partial charge in [0.05, 0.1) is 22.4 Å². The fourth-order valence-electron chi connectivity index (χ4n) is 3.09. The minimum absolute atomic E-state index is 0.138. The molecule has 3 rings (SSSR count). The SMILES string of the molecule is Cc1ccc([S@](=O)N[C@H](c2cccnc2)[C@H](/C=C\CO)S(=O)(=O)c2ccccc2)cc1. The normalized spacial score (nSPS) is 14.9. The summed E-state index contributed by atoms with van der Waals surface area (Å²) in [6.45, 7) is 1.61. The van der Waals surface area contributed by atoms with Gasteiger partial charge in [-0.3, -0.25) is 4.98 Å². The second-order valence-electron chi connectivity index (χ2n) is 6.90. The van der Waals surface area contributed by atoms with Crippen LogP contribution in [-0.2, 0) is 20.8 Å². The number of aryl methyl sites for hydroxylation is 1. The van der Waals surface area contributed by atoms with Gasteiger partial charge in [0.2, 0.25) is 0 Å². The van der Waals surface area contributed by atoms with E-state index in [1.165, 1.54) is 24.3 Å². The minimum atomic E-state index is -3.88. The number of hydrogen-bond donors (Lipinski definition) is 2. The highest BCUT2D eigenvalue weighted by atomic mass is 32.2. The first-order valence-corrected chi connectivity index (χ1v) is 12.3. The highest BCUT2D eigenvalue weighted by molar-refractivity contribution is 7.92. The average molecular weight is 457 g/mol. The number of benzene rings is 2. The molecule has 0 saturated carbocycles. The van der Waals surface area contributed by atoms with Crippen molar-refractivity contribution >= 4 is 20.8 Å². The predicted octanol–water partition coefficient (Wildman–Crippen LogP) is 3.13. The lowest BCUT2D eigenvalue weighted by molar-refractivity contribution is 0.342. The second-order valence-corrected chi connectivity index (χ2v) is 10.2. The Kier molecular flexibility index (Phi) is 7.86. The van der Waals surface area contributed by atoms with E-state index in [1.807, 2.05) is 19.1 Å². The molecule has 0 fully saturated rings. The van der Waals surface area contributed by atoms with E-state index in [0.29, 0.717) is 10.5 Å². The molecule has 0 saturated heterocycles. The molecule has 3 atom stereocenters. The monoisotopic (exact) mass is 456 g/mol. The molecule has 0 radical (unpaired) electrons. The van der Waals surface area contributed by atoms with Crippen LogP contribution in [0.5, 0.6) is 0 Å². The summed E-state index contributed by atoms with van der Waals surface area (Å²) in [6.07, 6.45) is 5.94. The number of aliphatic hydroxyl groups excluding tert-OH is 1. The fourth-order valence-corrected chi connectivity index (χ4v) is 5.96. The van der Waals surface area contributed by atoms with Crippen molar-refractivity contribution in [3.8, 4) is 0 Å². The molecule has 31 heavy (non-hydrogen) atoms. The summed E-state index contributed by atoms with van der Waals surface area (Å²) >= 11 is 0. The van der Waals surface area contributed by atoms with Crippen LogP contribution < -0.4 is 4.72 Å². The maximum Gasteiger partial charge on any atom is 0.186 e. The van der Waals surface area contributed by atoms with Crippen molar-refractivity contribution in [2.24, 2.45) is 0 Å². The van der Waals surface area contributed by atoms with Crippen molar-refractivity contribution in [2.45, 2.75) is 28.0 Å². The number of aliphatic hydroxyl groups is 1. The highest BCUT2D eigenvalue weighted by Crippen LogP contribution is 2.29. The van der Waals surface area contributed by atoms with E-state index < -0.39 is 32.1 Å². The van der Waals surface area contributed by atoms with Gasteiger partial charge in [-0.15, -0.1) is 0 Å². The Bertz CT molecular complexity index is 1130. The molecule has 6 nitrogen and oxygen atoms in total. The lowest BCUT2D eigenvalue weighted by atomic mass is 10.1. The first-order valence-electron chi connectivity index (χ1n) is 9.64. The fraction of sp³-hybridized carbons (Fsp3) is 0.174. The van der Waals surface area contributed by atoms with Crippen LogP contribution in [0.2, 0.25) is 0 Å². The number of rotatable bonds is 9. The van der Waals surface area contributed by atoms with Gasteiger partial charge in [-0.2, -0.15) is 0 Å². The third kappa shape index (κ3) is 5.74. The van der Waals surface area contributed by atoms with E-state index >= 15 is 0 Å². The molecule has 8 heteroatoms. The molecule has 0 bridgehead atoms. The van der Waals surface area contributed by atoms with Gasteiger partial charge < -0.3 is 5.11 Å². The maximum absolute atomic E-state index is 13.5. The van der Waals surface area contributed by atoms with Crippen molar-refractivity contribution < 1.29 is 17.7 Å². The van der Waals surface area contributed by atoms with Crippen molar-refractivity contribution in [1.29, 1.82) is 0 Å². The molecule has 0 aliphatic carbocycles. The van der Waals surface area contributed by atoms with E-state index in [-0.39, 0.29) is 11.5 Å². The summed E-state index contributed by atoms with van der Waals surface area (Å²) < 4.78 is 43.1. The van der Waals surface area contributed by atoms with Crippen LogP contribution in [0.25, 0.3) is 0 Å². The first kappa shape index (κ1) is 23.0. The van der Waals surface area contributed by atoms with E-state index in [1.54, 1.807) is 54.9 Å². The minimum Gasteiger partial charge on any atom is -0.392 e. The Balaban J connectivity index is 2.07. The Labute approximate surface area is 185 Å². The summed E-state index contributed by atoms with van der Waals surface area (Å²) in [6, 6.07) is 17.8. The largest absolute Gasteiger partial charge is 0.392 e. The molecule has 2 N–H and O–H groups in total. The van der Waals surface area contributed by atoms with Gasteiger partial charge in [0.15, 0.2) is 9.84 Å². The standard InChI is InChI=1S/C23H24N2O4S2/c1-18-11-13-20(14-12-18)30(27)25-23(19-7-5-15-24-17-19)22(10-6-16-26)31(28,29)21-8-3-2-4-9-21/h2-15,17,22-23,25-26H,16H2,1H3/b10-6-/t22-,23+,30-/m0/s1. The molecule has 0 aliphatic rings. The second kappa shape index (κ2) is 10.6. The summed E-state index contributed by atoms with van der Waals surface area (Å²) in [4.78, 5) is 4.77. The number of hydrogen-bond acceptors (Lipinski definition) is 5. The molecular weight excluding hydrogens is 432 g/mol. The Hall–Kier alpha value is -2.65. The van der Waals surface area contributed by atoms with Gasteiger partial charge in [0.25, 0.3) is 0 Å². The summed E-state index contributed by atoms with van der Waals surface area (Å²) in [5, 5.41) is 8.19. The summed E-state index contributed by atoms with van der Waals surface area (Å²) in [7, 11) is -5.56. The van der Waals surface area contributed by atoms with Crippen LogP contribution in [-0.4, -0.2) is 34.6 Å². The van der Waals surface area contributed by atoms with Gasteiger partial charge in [0, 0.05) is 12.4 Å². The summed E-state index contributed by atoms with van der Waals surface area (Å²) in [5.41, 5.74) is 1.59. The molecule has 2 aromatic carbocycles. The maximum atomic E-state index is 13.5. The average Bonchev–Trinajstić information content (AvgIpc) is 2.80. The zero-order chi connectivity index (χ0) is 22.3. The Morgan fingerprint density at radius 2 is 1.77 bits per heavy atom. The van der Waals surface area contributed by atoms with E-state index in [9.17, 15) is 17.7 Å². The van der Waals surface area contributed by atoms with Crippen molar-refractivity contribution in [2.75, 3.05) is 6.61 Å². The number of pyridine rings is 1. The predicted molar refractivity (Wildman–Crippen MR) is 121 cm³/mol. The van der Waals surface area contributed by atoms with Crippen molar-refractivity contribution in [3.05, 3.63) is 102 Å². The molecule has 162 valence electrons. The van der Waals surface area contributed by atoms with Crippen LogP contribution in [0, 0.1) is 6.92 Å². The third-order valence-electron chi connectivity index (χ3n) is 4.70. The van der Waals surface area contributed by atoms with Gasteiger partial charge in [0.1, 0.15) is 16.2 Å². The van der Waals surface area contributed by atoms with Crippen LogP contribution in [0.1, 0.15) is 17.2 Å². The summed E-state index contributed by atoms with van der Waals surface area (Å²) in [5.74, 6) is 0. The van der Waals surface area contributed by atoms with Gasteiger partial charge >= 0.3 is 0 Å². The zero-order valence-corrected chi connectivity index (χ0v) is 18.6. The van der Waals surface area contributed by atoms with Crippen LogP contribution in [0.15, 0.2) is 101 Å². The van der Waals surface area contributed by atoms with E-state index in [4.69, 9.17) is 0 Å². The molecule has 0 spiro atoms. The topological polar surface area (TPSA) is 96.4 Å². The zero-order valence-electron chi connectivity index (χ0n) is 17.0. The molecule has 3 aromatic rings. The number of sulfone groups is 1. The Morgan fingerprint density at radius 1 is 1.06 bits per heavy atom. The van der Waals surface area contributed by atoms with Gasteiger partial charge in [-0.1, -0.05) is 54.1 Å². The highest BCUT2D eigenvalue weighted by Gasteiger charge is 2.35. The lowest BCUT2D eigenvalue weighted by Crippen LogP contribution is -2.37. The van der Waals surface area contributed by atoms with Gasteiger partial charge in [-0.25, -0.2) is 17.3 Å². The molecule has 0 unspecified atom stereocenters. The number of aromatic nitrogens is 1. The molecule has 1 aromatic heterocycles. The smallest absolute Gasteiger partial charge is 0.186 e. The van der Waals surface area contributed by atoms with Crippen LogP contribution in [0.3, 0.4) is 0 Å². The molecular formula is C23H24N2O4S2. The first-order chi connectivity index (χ1) is 14.9. The molecule has 1 heterocycles.